The van der Waals surface area contributed by atoms with Gasteiger partial charge >= 0.3 is 5.97 Å². The Morgan fingerprint density at radius 1 is 1.05 bits per heavy atom. The van der Waals surface area contributed by atoms with Crippen LogP contribution >= 0.6 is 0 Å². The summed E-state index contributed by atoms with van der Waals surface area (Å²) in [5, 5.41) is 8.00. The van der Waals surface area contributed by atoms with Gasteiger partial charge in [-0.3, -0.25) is 9.59 Å². The summed E-state index contributed by atoms with van der Waals surface area (Å²) in [6, 6.07) is 0. The molecule has 0 spiro atoms. The van der Waals surface area contributed by atoms with Crippen LogP contribution in [0.1, 0.15) is 32.1 Å². The number of likely N-dealkylation sites (tertiary alicyclic amines) is 1. The molecule has 0 saturated carbocycles. The minimum absolute atomic E-state index is 0.0923. The fourth-order valence-electron chi connectivity index (χ4n) is 2.78. The van der Waals surface area contributed by atoms with Gasteiger partial charge in [0, 0.05) is 13.1 Å². The first-order valence-corrected chi connectivity index (χ1v) is 8.36. The molecule has 0 aromatic heterocycles. The summed E-state index contributed by atoms with van der Waals surface area (Å²) in [6.07, 6.45) is 2.62. The van der Waals surface area contributed by atoms with E-state index in [0.717, 1.165) is 6.42 Å². The van der Waals surface area contributed by atoms with E-state index in [4.69, 9.17) is 5.11 Å². The zero-order valence-corrected chi connectivity index (χ0v) is 11.6. The predicted octanol–water partition coefficient (Wildman–Crippen LogP) is 0.277. The highest BCUT2D eigenvalue weighted by atomic mass is 32.2. The third-order valence-electron chi connectivity index (χ3n) is 4.01. The number of amides is 1. The van der Waals surface area contributed by atoms with Crippen LogP contribution < -0.4 is 0 Å². The lowest BCUT2D eigenvalue weighted by Gasteiger charge is -2.33. The summed E-state index contributed by atoms with van der Waals surface area (Å²) >= 11 is 0. The van der Waals surface area contributed by atoms with Crippen molar-refractivity contribution in [2.45, 2.75) is 37.4 Å². The maximum atomic E-state index is 12.2. The number of carbonyl (C=O) groups excluding carboxylic acids is 1. The highest BCUT2D eigenvalue weighted by Gasteiger charge is 2.38. The number of carboxylic acids is 1. The zero-order chi connectivity index (χ0) is 14.0. The minimum atomic E-state index is -3.31. The van der Waals surface area contributed by atoms with Gasteiger partial charge in [-0.05, 0) is 25.7 Å². The number of carboxylic acid groups (broad SMARTS) is 1. The van der Waals surface area contributed by atoms with Gasteiger partial charge in [0.05, 0.1) is 11.7 Å². The number of nitrogens with zero attached hydrogens (tertiary/aromatic N) is 1. The van der Waals surface area contributed by atoms with E-state index < -0.39 is 27.0 Å². The van der Waals surface area contributed by atoms with Gasteiger partial charge in [-0.15, -0.1) is 0 Å². The van der Waals surface area contributed by atoms with Crippen molar-refractivity contribution in [2.24, 2.45) is 5.92 Å². The van der Waals surface area contributed by atoms with Crippen molar-refractivity contribution in [1.29, 1.82) is 0 Å². The lowest BCUT2D eigenvalue weighted by molar-refractivity contribution is -0.145. The Balaban J connectivity index is 1.99. The summed E-state index contributed by atoms with van der Waals surface area (Å²) in [6.45, 7) is 0.698. The lowest BCUT2D eigenvalue weighted by atomic mass is 9.97. The van der Waals surface area contributed by atoms with E-state index in [2.05, 4.69) is 0 Å². The molecule has 19 heavy (non-hydrogen) atoms. The summed E-state index contributed by atoms with van der Waals surface area (Å²) in [7, 11) is -3.31. The molecule has 0 radical (unpaired) electrons. The molecule has 6 nitrogen and oxygen atoms in total. The van der Waals surface area contributed by atoms with E-state index in [1.165, 1.54) is 4.90 Å². The van der Waals surface area contributed by atoms with Crippen molar-refractivity contribution in [3.8, 4) is 0 Å². The SMILES string of the molecule is O=C(O)C1CCN(C(=O)C2CCCCS2(=O)=O)CC1. The topological polar surface area (TPSA) is 91.8 Å². The van der Waals surface area contributed by atoms with Crippen LogP contribution in [-0.2, 0) is 19.4 Å². The van der Waals surface area contributed by atoms with Gasteiger partial charge < -0.3 is 10.0 Å². The molecule has 1 amide bonds. The average molecular weight is 289 g/mol. The summed E-state index contributed by atoms with van der Waals surface area (Å²) in [4.78, 5) is 24.6. The number of aliphatic carboxylic acids is 1. The normalized spacial score (nSPS) is 28.0. The number of sulfone groups is 1. The van der Waals surface area contributed by atoms with Crippen LogP contribution in [0, 0.1) is 5.92 Å². The first-order chi connectivity index (χ1) is 8.92. The molecule has 2 rings (SSSR count). The first-order valence-electron chi connectivity index (χ1n) is 6.65. The van der Waals surface area contributed by atoms with Crippen LogP contribution in [0.3, 0.4) is 0 Å². The van der Waals surface area contributed by atoms with Crippen molar-refractivity contribution < 1.29 is 23.1 Å². The van der Waals surface area contributed by atoms with E-state index >= 15 is 0 Å². The highest BCUT2D eigenvalue weighted by Crippen LogP contribution is 2.24. The molecule has 108 valence electrons. The molecule has 2 aliphatic rings. The number of carbonyl (C=O) groups is 2. The number of hydrogen-bond acceptors (Lipinski definition) is 4. The summed E-state index contributed by atoms with van der Waals surface area (Å²) < 4.78 is 23.8. The molecule has 7 heteroatoms. The molecule has 2 aliphatic heterocycles. The molecule has 1 unspecified atom stereocenters. The highest BCUT2D eigenvalue weighted by molar-refractivity contribution is 7.92. The lowest BCUT2D eigenvalue weighted by Crippen LogP contribution is -2.48. The van der Waals surface area contributed by atoms with Gasteiger partial charge in [0.25, 0.3) is 0 Å². The maximum Gasteiger partial charge on any atom is 0.306 e. The summed E-state index contributed by atoms with van der Waals surface area (Å²) in [5.41, 5.74) is 0. The van der Waals surface area contributed by atoms with Crippen molar-refractivity contribution in [3.05, 3.63) is 0 Å². The van der Waals surface area contributed by atoms with E-state index in [1.807, 2.05) is 0 Å². The maximum absolute atomic E-state index is 12.2. The van der Waals surface area contributed by atoms with E-state index in [1.54, 1.807) is 0 Å². The molecule has 0 bridgehead atoms. The molecule has 0 aliphatic carbocycles. The van der Waals surface area contributed by atoms with Crippen LogP contribution in [0.5, 0.6) is 0 Å². The molecule has 0 aromatic rings. The number of piperidine rings is 1. The van der Waals surface area contributed by atoms with Crippen molar-refractivity contribution in [1.82, 2.24) is 4.90 Å². The predicted molar refractivity (Wildman–Crippen MR) is 68.4 cm³/mol. The number of rotatable bonds is 2. The fourth-order valence-corrected chi connectivity index (χ4v) is 4.66. The van der Waals surface area contributed by atoms with E-state index in [9.17, 15) is 18.0 Å². The van der Waals surface area contributed by atoms with Crippen molar-refractivity contribution in [3.63, 3.8) is 0 Å². The fraction of sp³-hybridized carbons (Fsp3) is 0.833. The van der Waals surface area contributed by atoms with Crippen LogP contribution in [0.15, 0.2) is 0 Å². The van der Waals surface area contributed by atoms with Crippen LogP contribution in [0.2, 0.25) is 0 Å². The second-order valence-electron chi connectivity index (χ2n) is 5.29. The Bertz CT molecular complexity index is 465. The second kappa shape index (κ2) is 5.48. The first kappa shape index (κ1) is 14.3. The van der Waals surface area contributed by atoms with Crippen LogP contribution in [0.4, 0.5) is 0 Å². The van der Waals surface area contributed by atoms with Gasteiger partial charge in [-0.1, -0.05) is 6.42 Å². The van der Waals surface area contributed by atoms with Gasteiger partial charge in [-0.2, -0.15) is 0 Å². The van der Waals surface area contributed by atoms with E-state index in [0.29, 0.717) is 38.8 Å². The Hall–Kier alpha value is -1.11. The molecule has 1 atom stereocenters. The van der Waals surface area contributed by atoms with Gasteiger partial charge in [-0.25, -0.2) is 8.42 Å². The Morgan fingerprint density at radius 3 is 2.21 bits per heavy atom. The van der Waals surface area contributed by atoms with E-state index in [-0.39, 0.29) is 11.7 Å². The van der Waals surface area contributed by atoms with Crippen LogP contribution in [0.25, 0.3) is 0 Å². The molecule has 2 fully saturated rings. The van der Waals surface area contributed by atoms with Crippen molar-refractivity contribution in [2.75, 3.05) is 18.8 Å². The summed E-state index contributed by atoms with van der Waals surface area (Å²) in [5.74, 6) is -1.48. The zero-order valence-electron chi connectivity index (χ0n) is 10.7. The minimum Gasteiger partial charge on any atom is -0.481 e. The Labute approximate surface area is 112 Å². The number of hydrogen-bond donors (Lipinski definition) is 1. The quantitative estimate of drug-likeness (QED) is 0.788. The molecule has 2 heterocycles. The molecular weight excluding hydrogens is 270 g/mol. The standard InChI is InChI=1S/C12H19NO5S/c14-11(10-3-1-2-8-19(10,17)18)13-6-4-9(5-7-13)12(15)16/h9-10H,1-8H2,(H,15,16). The average Bonchev–Trinajstić information content (AvgIpc) is 2.37. The van der Waals surface area contributed by atoms with Crippen LogP contribution in [-0.4, -0.2) is 54.4 Å². The molecule has 1 N–H and O–H groups in total. The monoisotopic (exact) mass is 289 g/mol. The van der Waals surface area contributed by atoms with Gasteiger partial charge in [0.2, 0.25) is 5.91 Å². The van der Waals surface area contributed by atoms with Gasteiger partial charge in [0.15, 0.2) is 9.84 Å². The third-order valence-corrected chi connectivity index (χ3v) is 6.17. The largest absolute Gasteiger partial charge is 0.481 e. The smallest absolute Gasteiger partial charge is 0.306 e. The molecular formula is C12H19NO5S. The molecule has 2 saturated heterocycles. The molecule has 0 aromatic carbocycles. The van der Waals surface area contributed by atoms with Crippen molar-refractivity contribution >= 4 is 21.7 Å². The third kappa shape index (κ3) is 3.08. The Kier molecular flexibility index (Phi) is 4.13. The Morgan fingerprint density at radius 2 is 1.68 bits per heavy atom. The second-order valence-corrected chi connectivity index (χ2v) is 7.59. The van der Waals surface area contributed by atoms with Gasteiger partial charge in [0.1, 0.15) is 5.25 Å².